The lowest BCUT2D eigenvalue weighted by molar-refractivity contribution is 0.435. The van der Waals surface area contributed by atoms with Gasteiger partial charge in [-0.15, -0.1) is 23.5 Å². The highest BCUT2D eigenvalue weighted by Crippen LogP contribution is 2.32. The smallest absolute Gasteiger partial charge is 0.166 e. The standard InChI is InChI=1S/C14H10F4OS2/c15-11-9-5-20-3-7-1-2-8(19-7)4-21-6-10(13(11)17)14(18)12(9)16/h1-2H,3-6H2. The zero-order valence-corrected chi connectivity index (χ0v) is 12.4. The summed E-state index contributed by atoms with van der Waals surface area (Å²) in [7, 11) is 0. The van der Waals surface area contributed by atoms with Gasteiger partial charge in [0.2, 0.25) is 0 Å². The summed E-state index contributed by atoms with van der Waals surface area (Å²) in [6.45, 7) is 0. The third kappa shape index (κ3) is 2.81. The third-order valence-electron chi connectivity index (χ3n) is 3.14. The molecule has 0 saturated carbocycles. The molecule has 0 unspecified atom stereocenters. The molecule has 3 heterocycles. The lowest BCUT2D eigenvalue weighted by Crippen LogP contribution is -2.07. The van der Waals surface area contributed by atoms with Crippen molar-refractivity contribution in [3.8, 4) is 0 Å². The second-order valence-electron chi connectivity index (χ2n) is 4.57. The van der Waals surface area contributed by atoms with Gasteiger partial charge in [-0.3, -0.25) is 0 Å². The molecule has 0 spiro atoms. The van der Waals surface area contributed by atoms with E-state index in [0.717, 1.165) is 23.5 Å². The normalized spacial score (nSPS) is 15.4. The fourth-order valence-corrected chi connectivity index (χ4v) is 3.89. The quantitative estimate of drug-likeness (QED) is 0.496. The van der Waals surface area contributed by atoms with E-state index < -0.39 is 34.4 Å². The van der Waals surface area contributed by atoms with Crippen LogP contribution in [0.25, 0.3) is 0 Å². The zero-order chi connectivity index (χ0) is 15.0. The Morgan fingerprint density at radius 2 is 1.05 bits per heavy atom. The number of benzene rings is 1. The van der Waals surface area contributed by atoms with Gasteiger partial charge in [-0.2, -0.15) is 0 Å². The number of rotatable bonds is 0. The number of hydrogen-bond acceptors (Lipinski definition) is 3. The minimum Gasteiger partial charge on any atom is -0.464 e. The van der Waals surface area contributed by atoms with E-state index in [1.165, 1.54) is 0 Å². The Morgan fingerprint density at radius 3 is 1.43 bits per heavy atom. The van der Waals surface area contributed by atoms with Gasteiger partial charge in [-0.1, -0.05) is 0 Å². The molecule has 0 amide bonds. The first-order valence-corrected chi connectivity index (χ1v) is 8.45. The summed E-state index contributed by atoms with van der Waals surface area (Å²) in [4.78, 5) is 0. The number of hydrogen-bond donors (Lipinski definition) is 0. The number of furan rings is 1. The minimum absolute atomic E-state index is 0.158. The maximum atomic E-state index is 13.9. The van der Waals surface area contributed by atoms with Crippen LogP contribution < -0.4 is 0 Å². The van der Waals surface area contributed by atoms with Crippen molar-refractivity contribution >= 4 is 23.5 Å². The largest absolute Gasteiger partial charge is 0.464 e. The molecule has 7 heteroatoms. The van der Waals surface area contributed by atoms with Crippen LogP contribution in [0.2, 0.25) is 0 Å². The SMILES string of the molecule is Fc1c(F)c2c(F)c(F)c1CSCc1ccc(o1)CSC2. The topological polar surface area (TPSA) is 13.1 Å². The van der Waals surface area contributed by atoms with Gasteiger partial charge >= 0.3 is 0 Å². The minimum atomic E-state index is -1.30. The molecule has 4 rings (SSSR count). The molecule has 2 aliphatic rings. The van der Waals surface area contributed by atoms with Gasteiger partial charge < -0.3 is 4.42 Å². The molecule has 2 aromatic rings. The van der Waals surface area contributed by atoms with Crippen LogP contribution in [0.5, 0.6) is 0 Å². The Bertz CT molecular complexity index is 599. The van der Waals surface area contributed by atoms with Crippen LogP contribution in [0, 0.1) is 23.3 Å². The maximum Gasteiger partial charge on any atom is 0.166 e. The summed E-state index contributed by atoms with van der Waals surface area (Å²) < 4.78 is 61.1. The summed E-state index contributed by atoms with van der Waals surface area (Å²) >= 11 is 2.28. The van der Waals surface area contributed by atoms with Gasteiger partial charge in [0.1, 0.15) is 11.5 Å². The Hall–Kier alpha value is -1.08. The molecule has 4 bridgehead atoms. The lowest BCUT2D eigenvalue weighted by atomic mass is 10.1. The van der Waals surface area contributed by atoms with Crippen LogP contribution in [0.1, 0.15) is 22.6 Å². The molecule has 1 nitrogen and oxygen atoms in total. The highest BCUT2D eigenvalue weighted by atomic mass is 32.2. The summed E-state index contributed by atoms with van der Waals surface area (Å²) in [6, 6.07) is 3.59. The van der Waals surface area contributed by atoms with Gasteiger partial charge in [0.15, 0.2) is 23.3 Å². The molecule has 2 aliphatic heterocycles. The Morgan fingerprint density at radius 1 is 0.667 bits per heavy atom. The Kier molecular flexibility index (Phi) is 4.21. The van der Waals surface area contributed by atoms with E-state index in [4.69, 9.17) is 4.42 Å². The van der Waals surface area contributed by atoms with Crippen molar-refractivity contribution in [1.29, 1.82) is 0 Å². The van der Waals surface area contributed by atoms with Crippen molar-refractivity contribution in [3.05, 3.63) is 58.0 Å². The second kappa shape index (κ2) is 5.96. The van der Waals surface area contributed by atoms with Crippen LogP contribution in [0.3, 0.4) is 0 Å². The van der Waals surface area contributed by atoms with E-state index in [0.29, 0.717) is 23.0 Å². The van der Waals surface area contributed by atoms with Crippen molar-refractivity contribution < 1.29 is 22.0 Å². The predicted molar refractivity (Wildman–Crippen MR) is 75.0 cm³/mol. The lowest BCUT2D eigenvalue weighted by Gasteiger charge is -2.11. The fourth-order valence-electron chi connectivity index (χ4n) is 2.06. The van der Waals surface area contributed by atoms with Crippen LogP contribution in [0.15, 0.2) is 16.5 Å². The van der Waals surface area contributed by atoms with Crippen molar-refractivity contribution in [3.63, 3.8) is 0 Å². The van der Waals surface area contributed by atoms with Gasteiger partial charge in [0, 0.05) is 22.6 Å². The summed E-state index contributed by atoms with van der Waals surface area (Å²) in [6.07, 6.45) is 0. The number of thioether (sulfide) groups is 2. The average Bonchev–Trinajstić information content (AvgIpc) is 2.92. The highest BCUT2D eigenvalue weighted by molar-refractivity contribution is 7.98. The molecule has 1 aromatic heterocycles. The molecule has 0 saturated heterocycles. The highest BCUT2D eigenvalue weighted by Gasteiger charge is 2.25. The molecule has 21 heavy (non-hydrogen) atoms. The van der Waals surface area contributed by atoms with Crippen molar-refractivity contribution in [2.75, 3.05) is 0 Å². The van der Waals surface area contributed by atoms with Gasteiger partial charge in [0.05, 0.1) is 11.5 Å². The van der Waals surface area contributed by atoms with E-state index in [2.05, 4.69) is 0 Å². The molecule has 0 fully saturated rings. The maximum absolute atomic E-state index is 13.9. The summed E-state index contributed by atoms with van der Waals surface area (Å²) in [5.74, 6) is -3.38. The van der Waals surface area contributed by atoms with E-state index in [-0.39, 0.29) is 11.5 Å². The van der Waals surface area contributed by atoms with Crippen molar-refractivity contribution in [2.24, 2.45) is 0 Å². The fraction of sp³-hybridized carbons (Fsp3) is 0.286. The van der Waals surface area contributed by atoms with Crippen molar-refractivity contribution in [2.45, 2.75) is 23.0 Å². The number of halogens is 4. The molecular weight excluding hydrogens is 324 g/mol. The van der Waals surface area contributed by atoms with Crippen LogP contribution >= 0.6 is 23.5 Å². The molecule has 0 radical (unpaired) electrons. The van der Waals surface area contributed by atoms with Gasteiger partial charge in [0.25, 0.3) is 0 Å². The Balaban J connectivity index is 2.03. The van der Waals surface area contributed by atoms with E-state index in [1.807, 2.05) is 0 Å². The number of fused-ring (bicyclic) bond motifs is 6. The average molecular weight is 334 g/mol. The predicted octanol–water partition coefficient (Wildman–Crippen LogP) is 5.02. The first-order chi connectivity index (χ1) is 10.1. The third-order valence-corrected chi connectivity index (χ3v) is 5.11. The van der Waals surface area contributed by atoms with Crippen molar-refractivity contribution in [1.82, 2.24) is 0 Å². The van der Waals surface area contributed by atoms with Gasteiger partial charge in [-0.05, 0) is 12.1 Å². The van der Waals surface area contributed by atoms with Crippen LogP contribution in [-0.2, 0) is 23.0 Å². The molecular formula is C14H10F4OS2. The van der Waals surface area contributed by atoms with E-state index >= 15 is 0 Å². The summed E-state index contributed by atoms with van der Waals surface area (Å²) in [5.41, 5.74) is -1.12. The second-order valence-corrected chi connectivity index (χ2v) is 6.54. The first kappa shape index (κ1) is 14.8. The molecule has 112 valence electrons. The van der Waals surface area contributed by atoms with E-state index in [1.54, 1.807) is 12.1 Å². The monoisotopic (exact) mass is 334 g/mol. The van der Waals surface area contributed by atoms with Gasteiger partial charge in [-0.25, -0.2) is 17.6 Å². The zero-order valence-electron chi connectivity index (χ0n) is 10.7. The molecule has 1 aromatic carbocycles. The summed E-state index contributed by atoms with van der Waals surface area (Å²) in [5, 5.41) is 0. The molecule has 0 atom stereocenters. The first-order valence-electron chi connectivity index (χ1n) is 6.14. The van der Waals surface area contributed by atoms with Crippen LogP contribution in [-0.4, -0.2) is 0 Å². The van der Waals surface area contributed by atoms with Crippen LogP contribution in [0.4, 0.5) is 17.6 Å². The van der Waals surface area contributed by atoms with E-state index in [9.17, 15) is 17.6 Å². The Labute approximate surface area is 127 Å². The molecule has 0 aliphatic carbocycles. The molecule has 0 N–H and O–H groups in total.